The summed E-state index contributed by atoms with van der Waals surface area (Å²) in [7, 11) is 0. The minimum absolute atomic E-state index is 0.0244. The van der Waals surface area contributed by atoms with Crippen LogP contribution in [0.3, 0.4) is 0 Å². The zero-order valence-electron chi connectivity index (χ0n) is 20.0. The van der Waals surface area contributed by atoms with E-state index in [0.29, 0.717) is 81.5 Å². The van der Waals surface area contributed by atoms with Gasteiger partial charge >= 0.3 is 0 Å². The van der Waals surface area contributed by atoms with Gasteiger partial charge in [0, 0.05) is 37.8 Å². The highest BCUT2D eigenvalue weighted by Gasteiger charge is 2.19. The Morgan fingerprint density at radius 1 is 1.08 bits per heavy atom. The van der Waals surface area contributed by atoms with Crippen molar-refractivity contribution in [3.05, 3.63) is 63.6 Å². The Bertz CT molecular complexity index is 1220. The fourth-order valence-corrected chi connectivity index (χ4v) is 3.80. The number of nitrogens with one attached hydrogen (secondary N) is 1. The summed E-state index contributed by atoms with van der Waals surface area (Å²) in [6.07, 6.45) is 1.41. The van der Waals surface area contributed by atoms with E-state index in [2.05, 4.69) is 27.1 Å². The molecule has 0 aliphatic carbocycles. The summed E-state index contributed by atoms with van der Waals surface area (Å²) in [6.45, 7) is 9.07. The Hall–Kier alpha value is -3.94. The molecule has 3 N–H and O–H groups in total. The number of aliphatic imine (C=N–C) groups is 2. The number of benzene rings is 1. The second-order valence-corrected chi connectivity index (χ2v) is 8.43. The SMILES string of the molecule is C=C(N=C(N=C(N)N/N=C/c1ccc(-c2ccc(Cl)c([N+](=O)[O-])c2)o1)N1CCOCC1)N1CCOCC1. The number of nitrogens with two attached hydrogens (primary N) is 1. The molecule has 0 saturated carbocycles. The molecule has 14 heteroatoms. The summed E-state index contributed by atoms with van der Waals surface area (Å²) in [5.74, 6) is 1.83. The van der Waals surface area contributed by atoms with Crippen molar-refractivity contribution in [3.63, 3.8) is 0 Å². The number of halogens is 1. The van der Waals surface area contributed by atoms with Gasteiger partial charge in [-0.15, -0.1) is 0 Å². The van der Waals surface area contributed by atoms with Gasteiger partial charge in [-0.05, 0) is 24.3 Å². The molecule has 0 atom stereocenters. The van der Waals surface area contributed by atoms with Crippen molar-refractivity contribution in [2.24, 2.45) is 20.8 Å². The van der Waals surface area contributed by atoms with Crippen LogP contribution < -0.4 is 11.2 Å². The van der Waals surface area contributed by atoms with Crippen LogP contribution in [0, 0.1) is 10.1 Å². The van der Waals surface area contributed by atoms with E-state index < -0.39 is 4.92 Å². The zero-order valence-corrected chi connectivity index (χ0v) is 20.8. The van der Waals surface area contributed by atoms with E-state index in [0.717, 1.165) is 0 Å². The van der Waals surface area contributed by atoms with Gasteiger partial charge in [-0.1, -0.05) is 18.2 Å². The van der Waals surface area contributed by atoms with Crippen LogP contribution in [-0.2, 0) is 9.47 Å². The molecule has 196 valence electrons. The third-order valence-electron chi connectivity index (χ3n) is 5.54. The van der Waals surface area contributed by atoms with Gasteiger partial charge < -0.3 is 29.4 Å². The molecule has 0 radical (unpaired) electrons. The number of hydrogen-bond acceptors (Lipinski definition) is 8. The normalized spacial score (nSPS) is 17.3. The molecule has 3 heterocycles. The summed E-state index contributed by atoms with van der Waals surface area (Å²) in [4.78, 5) is 23.6. The molecule has 0 spiro atoms. The summed E-state index contributed by atoms with van der Waals surface area (Å²) in [6, 6.07) is 7.77. The maximum absolute atomic E-state index is 11.1. The van der Waals surface area contributed by atoms with Crippen LogP contribution >= 0.6 is 11.6 Å². The summed E-state index contributed by atoms with van der Waals surface area (Å²) >= 11 is 5.88. The lowest BCUT2D eigenvalue weighted by Gasteiger charge is -2.31. The van der Waals surface area contributed by atoms with E-state index in [1.165, 1.54) is 18.3 Å². The van der Waals surface area contributed by atoms with Gasteiger partial charge in [0.15, 0.2) is 0 Å². The van der Waals surface area contributed by atoms with Gasteiger partial charge in [-0.3, -0.25) is 10.1 Å². The lowest BCUT2D eigenvalue weighted by molar-refractivity contribution is -0.384. The Morgan fingerprint density at radius 2 is 1.76 bits per heavy atom. The molecule has 1 aromatic carbocycles. The number of furan rings is 1. The first-order valence-corrected chi connectivity index (χ1v) is 11.9. The van der Waals surface area contributed by atoms with E-state index in [9.17, 15) is 10.1 Å². The predicted molar refractivity (Wildman–Crippen MR) is 140 cm³/mol. The number of morpholine rings is 2. The molecule has 37 heavy (non-hydrogen) atoms. The molecule has 2 aliphatic heterocycles. The predicted octanol–water partition coefficient (Wildman–Crippen LogP) is 2.24. The minimum atomic E-state index is -0.548. The average molecular weight is 531 g/mol. The molecule has 13 nitrogen and oxygen atoms in total. The van der Waals surface area contributed by atoms with E-state index >= 15 is 0 Å². The smallest absolute Gasteiger partial charge is 0.288 e. The van der Waals surface area contributed by atoms with Crippen LogP contribution in [0.4, 0.5) is 5.69 Å². The Morgan fingerprint density at radius 3 is 2.43 bits per heavy atom. The van der Waals surface area contributed by atoms with E-state index in [4.69, 9.17) is 31.2 Å². The molecule has 0 amide bonds. The first-order chi connectivity index (χ1) is 17.9. The summed E-state index contributed by atoms with van der Waals surface area (Å²) in [5, 5.41) is 15.3. The first-order valence-electron chi connectivity index (χ1n) is 11.5. The van der Waals surface area contributed by atoms with Gasteiger partial charge in [0.05, 0.1) is 37.6 Å². The molecule has 2 fully saturated rings. The molecule has 0 bridgehead atoms. The summed E-state index contributed by atoms with van der Waals surface area (Å²) in [5.41, 5.74) is 9.04. The Labute approximate surface area is 218 Å². The van der Waals surface area contributed by atoms with E-state index in [1.807, 2.05) is 9.80 Å². The van der Waals surface area contributed by atoms with Gasteiger partial charge in [-0.25, -0.2) is 5.43 Å². The van der Waals surface area contributed by atoms with E-state index in [-0.39, 0.29) is 16.7 Å². The van der Waals surface area contributed by atoms with Crippen molar-refractivity contribution in [3.8, 4) is 11.3 Å². The maximum atomic E-state index is 11.1. The Balaban J connectivity index is 1.44. The van der Waals surface area contributed by atoms with Gasteiger partial charge in [0.1, 0.15) is 22.4 Å². The second-order valence-electron chi connectivity index (χ2n) is 8.02. The first kappa shape index (κ1) is 26.1. The number of nitro benzene ring substituents is 1. The lowest BCUT2D eigenvalue weighted by atomic mass is 10.1. The van der Waals surface area contributed by atoms with Gasteiger partial charge in [0.2, 0.25) is 11.9 Å². The number of hydrazone groups is 1. The molecular formula is C23H27ClN8O5. The third kappa shape index (κ3) is 7.06. The summed E-state index contributed by atoms with van der Waals surface area (Å²) < 4.78 is 16.5. The van der Waals surface area contributed by atoms with Crippen LogP contribution in [-0.4, -0.2) is 85.5 Å². The highest BCUT2D eigenvalue weighted by Crippen LogP contribution is 2.31. The van der Waals surface area contributed by atoms with Crippen molar-refractivity contribution in [1.82, 2.24) is 15.2 Å². The minimum Gasteiger partial charge on any atom is -0.455 e. The number of nitro groups is 1. The van der Waals surface area contributed by atoms with Gasteiger partial charge in [-0.2, -0.15) is 15.1 Å². The van der Waals surface area contributed by atoms with Crippen molar-refractivity contribution < 1.29 is 18.8 Å². The quantitative estimate of drug-likeness (QED) is 0.247. The van der Waals surface area contributed by atoms with Crippen LogP contribution in [0.25, 0.3) is 11.3 Å². The van der Waals surface area contributed by atoms with Crippen molar-refractivity contribution in [1.29, 1.82) is 0 Å². The molecule has 0 unspecified atom stereocenters. The molecule has 4 rings (SSSR count). The van der Waals surface area contributed by atoms with Crippen molar-refractivity contribution in [2.45, 2.75) is 0 Å². The fraction of sp³-hybridized carbons (Fsp3) is 0.348. The zero-order chi connectivity index (χ0) is 26.2. The van der Waals surface area contributed by atoms with Crippen LogP contribution in [0.1, 0.15) is 5.76 Å². The number of nitrogens with zero attached hydrogens (tertiary/aromatic N) is 6. The fourth-order valence-electron chi connectivity index (χ4n) is 3.62. The third-order valence-corrected chi connectivity index (χ3v) is 5.86. The monoisotopic (exact) mass is 530 g/mol. The molecular weight excluding hydrogens is 504 g/mol. The molecule has 2 aliphatic rings. The lowest BCUT2D eigenvalue weighted by Crippen LogP contribution is -2.42. The van der Waals surface area contributed by atoms with Gasteiger partial charge in [0.25, 0.3) is 5.69 Å². The largest absolute Gasteiger partial charge is 0.455 e. The molecule has 1 aromatic heterocycles. The van der Waals surface area contributed by atoms with Crippen molar-refractivity contribution >= 4 is 35.4 Å². The maximum Gasteiger partial charge on any atom is 0.288 e. The van der Waals surface area contributed by atoms with Crippen LogP contribution in [0.2, 0.25) is 5.02 Å². The molecule has 2 saturated heterocycles. The average Bonchev–Trinajstić information content (AvgIpc) is 3.38. The highest BCUT2D eigenvalue weighted by atomic mass is 35.5. The number of hydrogen-bond donors (Lipinski definition) is 2. The number of rotatable bonds is 6. The highest BCUT2D eigenvalue weighted by molar-refractivity contribution is 6.32. The number of guanidine groups is 2. The van der Waals surface area contributed by atoms with E-state index in [1.54, 1.807) is 18.2 Å². The number of ether oxygens (including phenoxy) is 2. The van der Waals surface area contributed by atoms with Crippen LogP contribution in [0.5, 0.6) is 0 Å². The molecule has 2 aromatic rings. The second kappa shape index (κ2) is 12.3. The Kier molecular flexibility index (Phi) is 8.72. The standard InChI is InChI=1S/C23H27ClN8O5/c1-16(30-6-10-35-11-7-30)27-23(31-8-12-36-13-9-31)28-22(25)29-26-15-18-3-5-21(37-18)17-2-4-19(24)20(14-17)32(33)34/h2-5,14-15H,1,6-13H2,(H3,25,27,28,29)/b26-15+. The van der Waals surface area contributed by atoms with Crippen LogP contribution in [0.15, 0.2) is 62.2 Å². The topological polar surface area (TPSA) is 156 Å². The van der Waals surface area contributed by atoms with Crippen molar-refractivity contribution in [2.75, 3.05) is 52.6 Å².